The van der Waals surface area contributed by atoms with Crippen molar-refractivity contribution in [2.75, 3.05) is 56.2 Å². The standard InChI is InChI=1S/C28H31N7O3/c29-17-21-16-20(3-8-25(21)38-15-1-2-26(30)36)28-31-10-9-27(33-28)32-22-4-6-23(7-5-22)34-11-13-35(14-12-34)24-18-37-19-24/h3-10,16,24H,1-2,11-15,18-19H2,(H2,30,36)(H,31,32,33). The maximum absolute atomic E-state index is 10.9. The lowest BCUT2D eigenvalue weighted by Gasteiger charge is -2.43. The van der Waals surface area contributed by atoms with Gasteiger partial charge in [-0.25, -0.2) is 9.97 Å². The number of ether oxygens (including phenoxy) is 2. The van der Waals surface area contributed by atoms with Gasteiger partial charge in [-0.2, -0.15) is 5.26 Å². The molecule has 2 aliphatic heterocycles. The third-order valence-corrected chi connectivity index (χ3v) is 6.79. The minimum absolute atomic E-state index is 0.240. The average molecular weight is 514 g/mol. The zero-order chi connectivity index (χ0) is 26.3. The van der Waals surface area contributed by atoms with E-state index in [1.165, 1.54) is 5.69 Å². The van der Waals surface area contributed by atoms with Crippen LogP contribution in [0, 0.1) is 11.3 Å². The average Bonchev–Trinajstić information content (AvgIpc) is 2.91. The Morgan fingerprint density at radius 2 is 1.92 bits per heavy atom. The first kappa shape index (κ1) is 25.4. The summed E-state index contributed by atoms with van der Waals surface area (Å²) in [4.78, 5) is 24.8. The highest BCUT2D eigenvalue weighted by Crippen LogP contribution is 2.27. The minimum Gasteiger partial charge on any atom is -0.492 e. The molecule has 2 saturated heterocycles. The van der Waals surface area contributed by atoms with Crippen molar-refractivity contribution in [2.45, 2.75) is 18.9 Å². The van der Waals surface area contributed by atoms with Crippen LogP contribution in [0.15, 0.2) is 54.7 Å². The van der Waals surface area contributed by atoms with Crippen molar-refractivity contribution in [2.24, 2.45) is 5.73 Å². The maximum Gasteiger partial charge on any atom is 0.217 e. The van der Waals surface area contributed by atoms with E-state index in [0.717, 1.165) is 45.1 Å². The van der Waals surface area contributed by atoms with Gasteiger partial charge in [0, 0.05) is 55.7 Å². The van der Waals surface area contributed by atoms with Crippen molar-refractivity contribution in [1.29, 1.82) is 5.26 Å². The van der Waals surface area contributed by atoms with E-state index in [4.69, 9.17) is 15.2 Å². The number of piperazine rings is 1. The molecule has 0 aliphatic carbocycles. The number of carbonyl (C=O) groups excluding carboxylic acids is 1. The molecule has 2 fully saturated rings. The van der Waals surface area contributed by atoms with Crippen LogP contribution in [-0.4, -0.2) is 72.8 Å². The van der Waals surface area contributed by atoms with E-state index in [2.05, 4.69) is 55.4 Å². The first-order valence-corrected chi connectivity index (χ1v) is 12.8. The fraction of sp³-hybridized carbons (Fsp3) is 0.357. The first-order chi connectivity index (χ1) is 18.6. The molecule has 0 unspecified atom stereocenters. The van der Waals surface area contributed by atoms with Crippen molar-refractivity contribution in [1.82, 2.24) is 14.9 Å². The molecule has 0 atom stereocenters. The Labute approximate surface area is 222 Å². The number of nitrogens with one attached hydrogen (secondary N) is 1. The van der Waals surface area contributed by atoms with Gasteiger partial charge in [0.15, 0.2) is 5.82 Å². The fourth-order valence-corrected chi connectivity index (χ4v) is 4.56. The fourth-order valence-electron chi connectivity index (χ4n) is 4.56. The Kier molecular flexibility index (Phi) is 7.97. The quantitative estimate of drug-likeness (QED) is 0.393. The molecular weight excluding hydrogens is 482 g/mol. The van der Waals surface area contributed by atoms with Gasteiger partial charge >= 0.3 is 0 Å². The zero-order valence-corrected chi connectivity index (χ0v) is 21.2. The molecule has 3 N–H and O–H groups in total. The van der Waals surface area contributed by atoms with Crippen molar-refractivity contribution in [3.05, 3.63) is 60.3 Å². The van der Waals surface area contributed by atoms with Crippen LogP contribution in [0.4, 0.5) is 17.2 Å². The second kappa shape index (κ2) is 11.9. The van der Waals surface area contributed by atoms with Crippen molar-refractivity contribution < 1.29 is 14.3 Å². The Morgan fingerprint density at radius 3 is 2.61 bits per heavy atom. The number of nitrogens with zero attached hydrogens (tertiary/aromatic N) is 5. The van der Waals surface area contributed by atoms with Crippen molar-refractivity contribution in [3.8, 4) is 23.2 Å². The third-order valence-electron chi connectivity index (χ3n) is 6.79. The summed E-state index contributed by atoms with van der Waals surface area (Å²) in [5.41, 5.74) is 8.38. The highest BCUT2D eigenvalue weighted by Gasteiger charge is 2.28. The van der Waals surface area contributed by atoms with Gasteiger partial charge in [-0.1, -0.05) is 0 Å². The van der Waals surface area contributed by atoms with Gasteiger partial charge in [-0.15, -0.1) is 0 Å². The molecule has 0 bridgehead atoms. The van der Waals surface area contributed by atoms with Crippen LogP contribution in [-0.2, 0) is 9.53 Å². The molecule has 0 radical (unpaired) electrons. The number of anilines is 3. The maximum atomic E-state index is 10.9. The summed E-state index contributed by atoms with van der Waals surface area (Å²) in [7, 11) is 0. The smallest absolute Gasteiger partial charge is 0.217 e. The zero-order valence-electron chi connectivity index (χ0n) is 21.2. The predicted octanol–water partition coefficient (Wildman–Crippen LogP) is 2.92. The summed E-state index contributed by atoms with van der Waals surface area (Å²) in [5.74, 6) is 1.23. The summed E-state index contributed by atoms with van der Waals surface area (Å²) >= 11 is 0. The summed E-state index contributed by atoms with van der Waals surface area (Å²) in [6, 6.07) is 18.2. The largest absolute Gasteiger partial charge is 0.492 e. The normalized spacial score (nSPS) is 15.9. The van der Waals surface area contributed by atoms with Crippen LogP contribution in [0.5, 0.6) is 5.75 Å². The summed E-state index contributed by atoms with van der Waals surface area (Å²) in [5, 5.41) is 12.9. The third kappa shape index (κ3) is 6.19. The highest BCUT2D eigenvalue weighted by atomic mass is 16.5. The van der Waals surface area contributed by atoms with E-state index in [1.807, 2.05) is 12.1 Å². The minimum atomic E-state index is -0.375. The van der Waals surface area contributed by atoms with Gasteiger partial charge in [0.2, 0.25) is 5.91 Å². The second-order valence-electron chi connectivity index (χ2n) is 9.39. The number of nitriles is 1. The van der Waals surface area contributed by atoms with Crippen molar-refractivity contribution in [3.63, 3.8) is 0 Å². The van der Waals surface area contributed by atoms with Crippen LogP contribution in [0.3, 0.4) is 0 Å². The lowest BCUT2D eigenvalue weighted by molar-refractivity contribution is -0.118. The molecule has 3 aromatic rings. The second-order valence-corrected chi connectivity index (χ2v) is 9.39. The van der Waals surface area contributed by atoms with Crippen LogP contribution >= 0.6 is 0 Å². The van der Waals surface area contributed by atoms with Crippen LogP contribution in [0.25, 0.3) is 11.4 Å². The number of benzene rings is 2. The van der Waals surface area contributed by atoms with E-state index < -0.39 is 0 Å². The number of amides is 1. The van der Waals surface area contributed by atoms with E-state index in [1.54, 1.807) is 18.3 Å². The molecule has 38 heavy (non-hydrogen) atoms. The van der Waals surface area contributed by atoms with E-state index in [-0.39, 0.29) is 12.3 Å². The number of hydrogen-bond acceptors (Lipinski definition) is 9. The predicted molar refractivity (Wildman–Crippen MR) is 144 cm³/mol. The SMILES string of the molecule is N#Cc1cc(-c2nccc(Nc3ccc(N4CCN(C5COC5)CC4)cc3)n2)ccc1OCCCC(N)=O. The molecule has 0 saturated carbocycles. The van der Waals surface area contributed by atoms with Gasteiger partial charge in [0.1, 0.15) is 17.6 Å². The molecule has 2 aromatic carbocycles. The molecule has 196 valence electrons. The molecule has 3 heterocycles. The van der Waals surface area contributed by atoms with Gasteiger partial charge in [0.25, 0.3) is 0 Å². The molecule has 0 spiro atoms. The number of primary amides is 1. The lowest BCUT2D eigenvalue weighted by atomic mass is 10.1. The Balaban J connectivity index is 1.20. The summed E-state index contributed by atoms with van der Waals surface area (Å²) in [6.07, 6.45) is 2.42. The molecule has 10 nitrogen and oxygen atoms in total. The Bertz CT molecular complexity index is 1300. The Morgan fingerprint density at radius 1 is 1.13 bits per heavy atom. The van der Waals surface area contributed by atoms with Crippen LogP contribution in [0.1, 0.15) is 18.4 Å². The molecule has 5 rings (SSSR count). The lowest BCUT2D eigenvalue weighted by Crippen LogP contribution is -2.56. The van der Waals surface area contributed by atoms with Gasteiger partial charge < -0.3 is 25.4 Å². The number of hydrogen-bond donors (Lipinski definition) is 2. The number of rotatable bonds is 10. The van der Waals surface area contributed by atoms with Gasteiger partial charge in [-0.3, -0.25) is 9.69 Å². The van der Waals surface area contributed by atoms with E-state index in [9.17, 15) is 10.1 Å². The summed E-state index contributed by atoms with van der Waals surface area (Å²) < 4.78 is 11.0. The highest BCUT2D eigenvalue weighted by molar-refractivity contribution is 5.73. The summed E-state index contributed by atoms with van der Waals surface area (Å²) in [6.45, 7) is 6.19. The number of aromatic nitrogens is 2. The Hall–Kier alpha value is -4.20. The molecule has 1 amide bonds. The van der Waals surface area contributed by atoms with Crippen LogP contribution < -0.4 is 20.7 Å². The topological polar surface area (TPSA) is 130 Å². The molecule has 10 heteroatoms. The van der Waals surface area contributed by atoms with E-state index in [0.29, 0.717) is 47.6 Å². The molecule has 1 aromatic heterocycles. The first-order valence-electron chi connectivity index (χ1n) is 12.8. The number of carbonyl (C=O) groups is 1. The van der Waals surface area contributed by atoms with E-state index >= 15 is 0 Å². The van der Waals surface area contributed by atoms with Crippen LogP contribution in [0.2, 0.25) is 0 Å². The van der Waals surface area contributed by atoms with Gasteiger partial charge in [0.05, 0.1) is 31.4 Å². The monoisotopic (exact) mass is 513 g/mol. The van der Waals surface area contributed by atoms with Crippen molar-refractivity contribution >= 4 is 23.1 Å². The molecule has 2 aliphatic rings. The van der Waals surface area contributed by atoms with Gasteiger partial charge in [-0.05, 0) is 55.0 Å². The number of nitrogens with two attached hydrogens (primary N) is 1. The molecular formula is C28H31N7O3.